The van der Waals surface area contributed by atoms with Crippen molar-refractivity contribution in [1.82, 2.24) is 19.3 Å². The number of ether oxygens (including phenoxy) is 1. The van der Waals surface area contributed by atoms with Gasteiger partial charge in [0.25, 0.3) is 0 Å². The predicted octanol–water partition coefficient (Wildman–Crippen LogP) is 2.80. The van der Waals surface area contributed by atoms with Crippen molar-refractivity contribution in [2.45, 2.75) is 52.8 Å². The van der Waals surface area contributed by atoms with Crippen LogP contribution in [0.4, 0.5) is 5.82 Å². The lowest BCUT2D eigenvalue weighted by Gasteiger charge is -2.27. The number of aromatic nitrogens is 3. The van der Waals surface area contributed by atoms with Crippen molar-refractivity contribution in [3.8, 4) is 0 Å². The minimum atomic E-state index is -3.42. The third-order valence-corrected chi connectivity index (χ3v) is 5.62. The highest BCUT2D eigenvalue weighted by atomic mass is 32.2. The fourth-order valence-corrected chi connectivity index (χ4v) is 4.66. The number of carbonyl (C=O) groups is 1. The van der Waals surface area contributed by atoms with Crippen molar-refractivity contribution in [3.05, 3.63) is 30.1 Å². The molecule has 0 saturated carbocycles. The Morgan fingerprint density at radius 1 is 1.19 bits per heavy atom. The SMILES string of the molecule is CCOCc1nc2c(NC(=O)CC)nc3ccccc3c2n1CC(C)(C)NS(C)(=O)=O. The lowest BCUT2D eigenvalue weighted by molar-refractivity contribution is -0.115. The molecule has 0 fully saturated rings. The second-order valence-electron chi connectivity index (χ2n) is 8.09. The number of benzene rings is 1. The third-order valence-electron chi connectivity index (χ3n) is 4.69. The van der Waals surface area contributed by atoms with E-state index < -0.39 is 15.6 Å². The predicted molar refractivity (Wildman–Crippen MR) is 121 cm³/mol. The Balaban J connectivity index is 2.28. The van der Waals surface area contributed by atoms with Gasteiger partial charge in [0.1, 0.15) is 17.9 Å². The summed E-state index contributed by atoms with van der Waals surface area (Å²) >= 11 is 0. The maximum absolute atomic E-state index is 12.1. The van der Waals surface area contributed by atoms with Crippen LogP contribution in [-0.2, 0) is 32.7 Å². The molecule has 0 radical (unpaired) electrons. The molecule has 0 aliphatic carbocycles. The highest BCUT2D eigenvalue weighted by Gasteiger charge is 2.27. The first kappa shape index (κ1) is 23.1. The molecule has 3 aromatic rings. The Morgan fingerprint density at radius 3 is 2.55 bits per heavy atom. The Kier molecular flexibility index (Phi) is 6.63. The van der Waals surface area contributed by atoms with Gasteiger partial charge in [-0.05, 0) is 26.8 Å². The molecule has 9 nitrogen and oxygen atoms in total. The maximum Gasteiger partial charge on any atom is 0.225 e. The first-order valence-corrected chi connectivity index (χ1v) is 12.1. The van der Waals surface area contributed by atoms with Gasteiger partial charge >= 0.3 is 0 Å². The number of sulfonamides is 1. The van der Waals surface area contributed by atoms with Crippen molar-refractivity contribution in [3.63, 3.8) is 0 Å². The monoisotopic (exact) mass is 447 g/mol. The maximum atomic E-state index is 12.1. The minimum Gasteiger partial charge on any atom is -0.374 e. The molecule has 31 heavy (non-hydrogen) atoms. The highest BCUT2D eigenvalue weighted by molar-refractivity contribution is 7.88. The summed E-state index contributed by atoms with van der Waals surface area (Å²) in [6.07, 6.45) is 1.45. The number of rotatable bonds is 9. The molecular formula is C21H29N5O4S. The second kappa shape index (κ2) is 8.89. The molecule has 2 N–H and O–H groups in total. The van der Waals surface area contributed by atoms with Gasteiger partial charge in [0.2, 0.25) is 15.9 Å². The van der Waals surface area contributed by atoms with Crippen LogP contribution in [0.15, 0.2) is 24.3 Å². The molecule has 10 heteroatoms. The van der Waals surface area contributed by atoms with Crippen LogP contribution in [0, 0.1) is 0 Å². The molecule has 0 saturated heterocycles. The molecule has 0 unspecified atom stereocenters. The summed E-state index contributed by atoms with van der Waals surface area (Å²) in [6, 6.07) is 7.60. The van der Waals surface area contributed by atoms with Crippen molar-refractivity contribution >= 4 is 43.7 Å². The summed E-state index contributed by atoms with van der Waals surface area (Å²) in [5.41, 5.74) is 1.24. The molecule has 168 valence electrons. The van der Waals surface area contributed by atoms with Crippen LogP contribution in [0.25, 0.3) is 21.9 Å². The van der Waals surface area contributed by atoms with Gasteiger partial charge in [-0.2, -0.15) is 0 Å². The molecule has 2 heterocycles. The zero-order chi connectivity index (χ0) is 22.8. The zero-order valence-corrected chi connectivity index (χ0v) is 19.3. The lowest BCUT2D eigenvalue weighted by Crippen LogP contribution is -2.46. The van der Waals surface area contributed by atoms with E-state index in [1.807, 2.05) is 49.6 Å². The molecule has 1 aromatic carbocycles. The van der Waals surface area contributed by atoms with Gasteiger partial charge in [0, 0.05) is 30.5 Å². The van der Waals surface area contributed by atoms with Crippen molar-refractivity contribution in [2.75, 3.05) is 18.2 Å². The number of pyridine rings is 1. The minimum absolute atomic E-state index is 0.163. The number of imidazole rings is 1. The fraction of sp³-hybridized carbons (Fsp3) is 0.476. The lowest BCUT2D eigenvalue weighted by atomic mass is 10.1. The average Bonchev–Trinajstić information content (AvgIpc) is 3.02. The topological polar surface area (TPSA) is 115 Å². The Labute approximate surface area is 182 Å². The van der Waals surface area contributed by atoms with Crippen molar-refractivity contribution < 1.29 is 17.9 Å². The fourth-order valence-electron chi connectivity index (χ4n) is 3.59. The number of fused-ring (bicyclic) bond motifs is 3. The Morgan fingerprint density at radius 2 is 1.90 bits per heavy atom. The normalized spacial score (nSPS) is 12.5. The second-order valence-corrected chi connectivity index (χ2v) is 9.83. The molecule has 0 aliphatic rings. The van der Waals surface area contributed by atoms with Crippen LogP contribution in [0.3, 0.4) is 0 Å². The van der Waals surface area contributed by atoms with Gasteiger partial charge in [0.15, 0.2) is 5.82 Å². The van der Waals surface area contributed by atoms with Gasteiger partial charge in [-0.15, -0.1) is 0 Å². The largest absolute Gasteiger partial charge is 0.374 e. The summed E-state index contributed by atoms with van der Waals surface area (Å²) in [5, 5.41) is 3.70. The van der Waals surface area contributed by atoms with Gasteiger partial charge in [-0.1, -0.05) is 25.1 Å². The van der Waals surface area contributed by atoms with Crippen LogP contribution in [0.1, 0.15) is 39.9 Å². The summed E-state index contributed by atoms with van der Waals surface area (Å²) in [4.78, 5) is 21.5. The standard InChI is InChI=1S/C21H29N5O4S/c1-6-17(27)24-20-18-19(14-10-8-9-11-15(14)22-20)26(16(23-18)12-30-7-2)13-21(3,4)25-31(5,28)29/h8-11,25H,6-7,12-13H2,1-5H3,(H,22,24,27). The van der Waals surface area contributed by atoms with Gasteiger partial charge in [-0.25, -0.2) is 23.1 Å². The van der Waals surface area contributed by atoms with Crippen molar-refractivity contribution in [2.24, 2.45) is 0 Å². The smallest absolute Gasteiger partial charge is 0.225 e. The highest BCUT2D eigenvalue weighted by Crippen LogP contribution is 2.31. The third kappa shape index (κ3) is 5.38. The number of hydrogen-bond acceptors (Lipinski definition) is 6. The number of para-hydroxylation sites is 1. The number of carbonyl (C=O) groups excluding carboxylic acids is 1. The van der Waals surface area contributed by atoms with Crippen LogP contribution < -0.4 is 10.0 Å². The summed E-state index contributed by atoms with van der Waals surface area (Å²) in [7, 11) is -3.42. The van der Waals surface area contributed by atoms with Crippen LogP contribution in [0.5, 0.6) is 0 Å². The van der Waals surface area contributed by atoms with E-state index in [9.17, 15) is 13.2 Å². The van der Waals surface area contributed by atoms with Crippen LogP contribution >= 0.6 is 0 Å². The van der Waals surface area contributed by atoms with E-state index >= 15 is 0 Å². The number of amides is 1. The van der Waals surface area contributed by atoms with Gasteiger partial charge in [0.05, 0.1) is 17.3 Å². The van der Waals surface area contributed by atoms with E-state index in [4.69, 9.17) is 9.72 Å². The van der Waals surface area contributed by atoms with Gasteiger partial charge in [-0.3, -0.25) is 4.79 Å². The van der Waals surface area contributed by atoms with Crippen LogP contribution in [0.2, 0.25) is 0 Å². The molecule has 0 aliphatic heterocycles. The van der Waals surface area contributed by atoms with E-state index in [-0.39, 0.29) is 12.5 Å². The average molecular weight is 448 g/mol. The van der Waals surface area contributed by atoms with E-state index in [0.29, 0.717) is 42.2 Å². The van der Waals surface area contributed by atoms with E-state index in [0.717, 1.165) is 17.2 Å². The van der Waals surface area contributed by atoms with Gasteiger partial charge < -0.3 is 14.6 Å². The van der Waals surface area contributed by atoms with E-state index in [1.165, 1.54) is 0 Å². The number of nitrogens with zero attached hydrogens (tertiary/aromatic N) is 3. The number of nitrogens with one attached hydrogen (secondary N) is 2. The quantitative estimate of drug-likeness (QED) is 0.521. The molecule has 3 rings (SSSR count). The number of anilines is 1. The Bertz CT molecular complexity index is 1220. The molecule has 1 amide bonds. The Hall–Kier alpha value is -2.56. The molecule has 0 bridgehead atoms. The van der Waals surface area contributed by atoms with Crippen molar-refractivity contribution in [1.29, 1.82) is 0 Å². The molecule has 0 spiro atoms. The molecular weight excluding hydrogens is 418 g/mol. The zero-order valence-electron chi connectivity index (χ0n) is 18.5. The first-order chi connectivity index (χ1) is 14.5. The molecule has 0 atom stereocenters. The summed E-state index contributed by atoms with van der Waals surface area (Å²) < 4.78 is 34.1. The summed E-state index contributed by atoms with van der Waals surface area (Å²) in [6.45, 7) is 8.36. The van der Waals surface area contributed by atoms with Crippen LogP contribution in [-0.4, -0.2) is 47.3 Å². The molecule has 2 aromatic heterocycles. The first-order valence-electron chi connectivity index (χ1n) is 10.2. The summed E-state index contributed by atoms with van der Waals surface area (Å²) in [5.74, 6) is 0.848. The number of hydrogen-bond donors (Lipinski definition) is 2. The van der Waals surface area contributed by atoms with E-state index in [1.54, 1.807) is 6.92 Å². The van der Waals surface area contributed by atoms with E-state index in [2.05, 4.69) is 15.0 Å².